The van der Waals surface area contributed by atoms with E-state index >= 15 is 0 Å². The molecule has 0 aliphatic heterocycles. The van der Waals surface area contributed by atoms with Crippen LogP contribution in [0.5, 0.6) is 0 Å². The van der Waals surface area contributed by atoms with Crippen LogP contribution < -0.4 is 16.4 Å². The summed E-state index contributed by atoms with van der Waals surface area (Å²) in [4.78, 5) is 39.7. The fraction of sp³-hybridized carbons (Fsp3) is 0.154. The average molecular weight is 475 g/mol. The molecule has 4 N–H and O–H groups in total. The van der Waals surface area contributed by atoms with Gasteiger partial charge in [-0.25, -0.2) is 4.79 Å². The number of nitrogens with two attached hydrogens (primary N) is 1. The fourth-order valence-corrected chi connectivity index (χ4v) is 2.91. The lowest BCUT2D eigenvalue weighted by molar-refractivity contribution is -0.143. The third kappa shape index (κ3) is 8.75. The van der Waals surface area contributed by atoms with Gasteiger partial charge in [-0.1, -0.05) is 72.8 Å². The molecule has 3 aromatic rings. The van der Waals surface area contributed by atoms with Gasteiger partial charge in [-0.2, -0.15) is 4.99 Å². The van der Waals surface area contributed by atoms with Crippen LogP contribution in [-0.4, -0.2) is 37.0 Å². The number of ether oxygens (including phenoxy) is 2. The van der Waals surface area contributed by atoms with Gasteiger partial charge in [0.15, 0.2) is 0 Å². The van der Waals surface area contributed by atoms with Crippen molar-refractivity contribution in [3.05, 3.63) is 107 Å². The highest BCUT2D eigenvalue weighted by atomic mass is 16.5. The molecular weight excluding hydrogens is 448 g/mol. The number of carbonyl (C=O) groups is 3. The Hall–Kier alpha value is -4.50. The topological polar surface area (TPSA) is 132 Å². The first-order chi connectivity index (χ1) is 17.0. The summed E-state index contributed by atoms with van der Waals surface area (Å²) in [5, 5.41) is 5.45. The normalized spacial score (nSPS) is 10.9. The number of rotatable bonds is 10. The summed E-state index contributed by atoms with van der Waals surface area (Å²) in [6, 6.07) is 24.8. The summed E-state index contributed by atoms with van der Waals surface area (Å²) in [6.45, 7) is 0.322. The van der Waals surface area contributed by atoms with Crippen LogP contribution in [0.2, 0.25) is 0 Å². The molecule has 35 heavy (non-hydrogen) atoms. The molecule has 180 valence electrons. The Morgan fingerprint density at radius 1 is 0.743 bits per heavy atom. The molecule has 0 aromatic heterocycles. The SMILES string of the molecule is N/C(=N\C(=O)OCc1ccccc1)c1ccc(C(=O)NCNCC(=O)OCc2ccccc2)cc1. The Kier molecular flexibility index (Phi) is 9.52. The molecule has 3 aromatic carbocycles. The van der Waals surface area contributed by atoms with Gasteiger partial charge in [0.1, 0.15) is 19.0 Å². The molecule has 3 rings (SSSR count). The molecular formula is C26H26N4O5. The lowest BCUT2D eigenvalue weighted by Crippen LogP contribution is -2.36. The van der Waals surface area contributed by atoms with Crippen LogP contribution in [-0.2, 0) is 27.5 Å². The number of carbonyl (C=O) groups excluding carboxylic acids is 3. The van der Waals surface area contributed by atoms with E-state index in [4.69, 9.17) is 15.2 Å². The predicted octanol–water partition coefficient (Wildman–Crippen LogP) is 2.75. The highest BCUT2D eigenvalue weighted by molar-refractivity contribution is 6.03. The van der Waals surface area contributed by atoms with Crippen LogP contribution in [0.15, 0.2) is 89.9 Å². The first-order valence-corrected chi connectivity index (χ1v) is 10.8. The summed E-state index contributed by atoms with van der Waals surface area (Å²) < 4.78 is 10.2. The van der Waals surface area contributed by atoms with Crippen LogP contribution in [0.3, 0.4) is 0 Å². The molecule has 0 spiro atoms. The molecule has 0 saturated heterocycles. The highest BCUT2D eigenvalue weighted by Crippen LogP contribution is 2.06. The predicted molar refractivity (Wildman–Crippen MR) is 130 cm³/mol. The van der Waals surface area contributed by atoms with Crippen molar-refractivity contribution in [2.24, 2.45) is 10.7 Å². The first-order valence-electron chi connectivity index (χ1n) is 10.8. The van der Waals surface area contributed by atoms with E-state index in [-0.39, 0.29) is 38.2 Å². The van der Waals surface area contributed by atoms with Crippen molar-refractivity contribution in [2.45, 2.75) is 13.2 Å². The van der Waals surface area contributed by atoms with Crippen molar-refractivity contribution < 1.29 is 23.9 Å². The zero-order chi connectivity index (χ0) is 24.9. The highest BCUT2D eigenvalue weighted by Gasteiger charge is 2.09. The second-order valence-corrected chi connectivity index (χ2v) is 7.37. The minimum absolute atomic E-state index is 0.0225. The maximum Gasteiger partial charge on any atom is 0.435 e. The number of amidine groups is 1. The van der Waals surface area contributed by atoms with Crippen molar-refractivity contribution in [2.75, 3.05) is 13.2 Å². The van der Waals surface area contributed by atoms with Crippen molar-refractivity contribution >= 4 is 23.8 Å². The van der Waals surface area contributed by atoms with Crippen LogP contribution >= 0.6 is 0 Å². The van der Waals surface area contributed by atoms with Crippen LogP contribution in [0.1, 0.15) is 27.0 Å². The minimum atomic E-state index is -0.804. The lowest BCUT2D eigenvalue weighted by Gasteiger charge is -2.08. The molecule has 9 heteroatoms. The number of esters is 1. The van der Waals surface area contributed by atoms with Gasteiger partial charge >= 0.3 is 12.1 Å². The largest absolute Gasteiger partial charge is 0.460 e. The number of nitrogens with one attached hydrogen (secondary N) is 2. The second kappa shape index (κ2) is 13.3. The number of benzene rings is 3. The molecule has 0 unspecified atom stereocenters. The number of amides is 2. The van der Waals surface area contributed by atoms with Gasteiger partial charge in [0.05, 0.1) is 13.2 Å². The number of hydrogen-bond acceptors (Lipinski definition) is 6. The average Bonchev–Trinajstić information content (AvgIpc) is 2.90. The van der Waals surface area contributed by atoms with Gasteiger partial charge in [-0.15, -0.1) is 0 Å². The maximum atomic E-state index is 12.3. The maximum absolute atomic E-state index is 12.3. The zero-order valence-corrected chi connectivity index (χ0v) is 19.0. The zero-order valence-electron chi connectivity index (χ0n) is 19.0. The van der Waals surface area contributed by atoms with Crippen molar-refractivity contribution in [3.63, 3.8) is 0 Å². The fourth-order valence-electron chi connectivity index (χ4n) is 2.91. The van der Waals surface area contributed by atoms with E-state index in [0.717, 1.165) is 11.1 Å². The Balaban J connectivity index is 1.38. The third-order valence-electron chi connectivity index (χ3n) is 4.75. The van der Waals surface area contributed by atoms with Gasteiger partial charge in [0.2, 0.25) is 0 Å². The Morgan fingerprint density at radius 3 is 1.89 bits per heavy atom. The van der Waals surface area contributed by atoms with Gasteiger partial charge in [0, 0.05) is 11.1 Å². The lowest BCUT2D eigenvalue weighted by atomic mass is 10.1. The van der Waals surface area contributed by atoms with E-state index in [2.05, 4.69) is 15.6 Å². The van der Waals surface area contributed by atoms with E-state index in [0.29, 0.717) is 11.1 Å². The van der Waals surface area contributed by atoms with Crippen molar-refractivity contribution in [3.8, 4) is 0 Å². The van der Waals surface area contributed by atoms with Crippen LogP contribution in [0, 0.1) is 0 Å². The first kappa shape index (κ1) is 25.1. The standard InChI is InChI=1S/C26H26N4O5/c27-24(30-26(33)35-17-20-9-5-2-6-10-20)21-11-13-22(14-12-21)25(32)29-18-28-15-23(31)34-16-19-7-3-1-4-8-19/h1-14,28H,15-18H2,(H,29,32)(H2,27,30,33). The molecule has 0 aliphatic carbocycles. The third-order valence-corrected chi connectivity index (χ3v) is 4.75. The van der Waals surface area contributed by atoms with E-state index in [9.17, 15) is 14.4 Å². The summed E-state index contributed by atoms with van der Waals surface area (Å²) >= 11 is 0. The summed E-state index contributed by atoms with van der Waals surface area (Å²) in [7, 11) is 0. The van der Waals surface area contributed by atoms with Crippen LogP contribution in [0.25, 0.3) is 0 Å². The molecule has 0 atom stereocenters. The van der Waals surface area contributed by atoms with E-state index in [1.54, 1.807) is 24.3 Å². The molecule has 0 saturated carbocycles. The van der Waals surface area contributed by atoms with Crippen LogP contribution in [0.4, 0.5) is 4.79 Å². The van der Waals surface area contributed by atoms with Gasteiger partial charge in [-0.3, -0.25) is 14.9 Å². The molecule has 0 bridgehead atoms. The monoisotopic (exact) mass is 474 g/mol. The molecule has 0 aliphatic rings. The smallest absolute Gasteiger partial charge is 0.435 e. The number of aliphatic imine (C=N–C) groups is 1. The molecule has 9 nitrogen and oxygen atoms in total. The quantitative estimate of drug-likeness (QED) is 0.135. The minimum Gasteiger partial charge on any atom is -0.460 e. The molecule has 0 fully saturated rings. The molecule has 0 heterocycles. The van der Waals surface area contributed by atoms with Crippen molar-refractivity contribution in [1.82, 2.24) is 10.6 Å². The molecule has 0 radical (unpaired) electrons. The van der Waals surface area contributed by atoms with E-state index in [1.807, 2.05) is 60.7 Å². The van der Waals surface area contributed by atoms with Crippen molar-refractivity contribution in [1.29, 1.82) is 0 Å². The Bertz CT molecular complexity index is 1150. The van der Waals surface area contributed by atoms with Gasteiger partial charge in [0.25, 0.3) is 5.91 Å². The summed E-state index contributed by atoms with van der Waals surface area (Å²) in [5.74, 6) is -0.797. The number of nitrogens with zero attached hydrogens (tertiary/aromatic N) is 1. The Labute approximate surface area is 203 Å². The van der Waals surface area contributed by atoms with E-state index < -0.39 is 12.1 Å². The van der Waals surface area contributed by atoms with Gasteiger partial charge in [-0.05, 0) is 23.3 Å². The van der Waals surface area contributed by atoms with E-state index in [1.165, 1.54) is 0 Å². The number of hydrogen-bond donors (Lipinski definition) is 3. The summed E-state index contributed by atoms with van der Waals surface area (Å²) in [6.07, 6.45) is -0.804. The molecule has 2 amide bonds. The summed E-state index contributed by atoms with van der Waals surface area (Å²) in [5.41, 5.74) is 8.45. The van der Waals surface area contributed by atoms with Gasteiger partial charge < -0.3 is 20.5 Å². The second-order valence-electron chi connectivity index (χ2n) is 7.37. The Morgan fingerprint density at radius 2 is 1.29 bits per heavy atom.